The Morgan fingerprint density at radius 1 is 0.148 bits per heavy atom. The Morgan fingerprint density at radius 2 is 0.438 bits per heavy atom. The second-order valence-electron chi connectivity index (χ2n) is 33.5. The number of benzene rings is 21. The summed E-state index contributed by atoms with van der Waals surface area (Å²) in [6.45, 7) is 0. The number of aromatic nitrogens is 8. The van der Waals surface area contributed by atoms with Crippen LogP contribution < -0.4 is 0 Å². The summed E-state index contributed by atoms with van der Waals surface area (Å²) < 4.78 is 9.34. The van der Waals surface area contributed by atoms with E-state index in [1.54, 1.807) is 0 Å². The van der Waals surface area contributed by atoms with Gasteiger partial charge in [0.25, 0.3) is 0 Å². The Balaban J connectivity index is 0.000000138. The molecule has 8 nitrogen and oxygen atoms in total. The first-order chi connectivity index (χ1) is 63.5. The molecule has 0 spiro atoms. The average molecular weight is 1630 g/mol. The van der Waals surface area contributed by atoms with Crippen molar-refractivity contribution in [2.24, 2.45) is 0 Å². The van der Waals surface area contributed by atoms with Crippen molar-refractivity contribution in [1.82, 2.24) is 38.2 Å². The van der Waals surface area contributed by atoms with Gasteiger partial charge in [0.1, 0.15) is 0 Å². The first kappa shape index (κ1) is 72.4. The number of hydrogen-bond donors (Lipinski definition) is 0. The second kappa shape index (κ2) is 29.2. The lowest BCUT2D eigenvalue weighted by atomic mass is 9.93. The summed E-state index contributed by atoms with van der Waals surface area (Å²) in [5, 5.41) is 26.6. The Hall–Kier alpha value is -17.2. The molecule has 0 aliphatic heterocycles. The van der Waals surface area contributed by atoms with Gasteiger partial charge in [0.2, 0.25) is 11.9 Å². The van der Waals surface area contributed by atoms with Gasteiger partial charge in [0.05, 0.1) is 72.6 Å². The van der Waals surface area contributed by atoms with Crippen LogP contribution in [0.2, 0.25) is 0 Å². The van der Waals surface area contributed by atoms with Gasteiger partial charge in [-0.05, 0) is 208 Å². The molecule has 6 heterocycles. The van der Waals surface area contributed by atoms with Crippen LogP contribution in [0.3, 0.4) is 0 Å². The summed E-state index contributed by atoms with van der Waals surface area (Å²) in [4.78, 5) is 21.7. The molecule has 0 unspecified atom stereocenters. The van der Waals surface area contributed by atoms with E-state index in [2.05, 4.69) is 467 Å². The molecular weight excluding hydrogens is 1550 g/mol. The van der Waals surface area contributed by atoms with Gasteiger partial charge in [-0.1, -0.05) is 334 Å². The summed E-state index contributed by atoms with van der Waals surface area (Å²) in [5.74, 6) is 1.28. The third-order valence-electron chi connectivity index (χ3n) is 26.4. The van der Waals surface area contributed by atoms with Crippen molar-refractivity contribution < 1.29 is 0 Å². The van der Waals surface area contributed by atoms with Crippen molar-refractivity contribution in [2.75, 3.05) is 0 Å². The third kappa shape index (κ3) is 11.7. The molecule has 6 aromatic heterocycles. The van der Waals surface area contributed by atoms with Crippen molar-refractivity contribution in [3.05, 3.63) is 449 Å². The largest absolute Gasteiger partial charge is 0.309 e. The van der Waals surface area contributed by atoms with Crippen molar-refractivity contribution in [1.29, 1.82) is 0 Å². The zero-order valence-corrected chi connectivity index (χ0v) is 69.3. The monoisotopic (exact) mass is 1630 g/mol. The Morgan fingerprint density at radius 3 is 0.883 bits per heavy atom. The summed E-state index contributed by atoms with van der Waals surface area (Å²) in [6, 6.07) is 162. The zero-order chi connectivity index (χ0) is 84.0. The van der Waals surface area contributed by atoms with Gasteiger partial charge in [-0.2, -0.15) is 0 Å². The quantitative estimate of drug-likeness (QED) is 0.128. The molecule has 0 atom stereocenters. The average Bonchev–Trinajstić information content (AvgIpc) is 1.40. The minimum absolute atomic E-state index is 0.635. The lowest BCUT2D eigenvalue weighted by Gasteiger charge is -2.16. The van der Waals surface area contributed by atoms with E-state index in [-0.39, 0.29) is 0 Å². The summed E-state index contributed by atoms with van der Waals surface area (Å²) >= 11 is 0. The molecule has 0 aliphatic rings. The standard InChI is InChI=1S/C66H40N4.C54H34N4/c1-3-20-45-41(16-1)18-13-28-50(45)58-40-59(51-29-14-19-42-17-2-4-21-46(42)51)68-66(67-58)70-61-32-12-10-26-53(61)57-39-44(35-37-63(57)70)43-34-36-62-56(38-43)52-25-9-11-31-60(52)69(62)64-33-15-30-55-49-23-6-5-22-47(49)48-24-7-8-27-54(48)65(55)64;1-2-16-43(17-3-1)57-50-20-10-8-18-44(50)46-32-39(26-28-52(46)57)40-27-29-53-47(33-40)45-19-9-11-21-51(45)58(53)54-55-48(41-24-22-35-12-4-6-14-37(35)30-41)34-49(56-54)42-25-23-36-13-5-7-15-38(36)31-42/h1-40H;1-34H. The van der Waals surface area contributed by atoms with Gasteiger partial charge in [-0.15, -0.1) is 0 Å². The van der Waals surface area contributed by atoms with Crippen LogP contribution in [0.4, 0.5) is 0 Å². The van der Waals surface area contributed by atoms with Crippen molar-refractivity contribution >= 4 is 163 Å². The van der Waals surface area contributed by atoms with Crippen molar-refractivity contribution in [2.45, 2.75) is 0 Å². The van der Waals surface area contributed by atoms with Crippen LogP contribution in [0.25, 0.3) is 253 Å². The van der Waals surface area contributed by atoms with Gasteiger partial charge in [0, 0.05) is 76.4 Å². The summed E-state index contributed by atoms with van der Waals surface area (Å²) in [7, 11) is 0. The fourth-order valence-electron chi connectivity index (χ4n) is 20.5. The fraction of sp³-hybridized carbons (Fsp3) is 0. The highest BCUT2D eigenvalue weighted by atomic mass is 15.2. The number of rotatable bonds is 10. The molecular formula is C120H74N8. The minimum atomic E-state index is 0.635. The predicted molar refractivity (Wildman–Crippen MR) is 537 cm³/mol. The molecule has 0 fully saturated rings. The molecule has 0 amide bonds. The smallest absolute Gasteiger partial charge is 0.235 e. The lowest BCUT2D eigenvalue weighted by molar-refractivity contribution is 0.996. The molecule has 0 bridgehead atoms. The van der Waals surface area contributed by atoms with Crippen LogP contribution in [0.5, 0.6) is 0 Å². The molecule has 8 heteroatoms. The van der Waals surface area contributed by atoms with Gasteiger partial charge in [0.15, 0.2) is 0 Å². The van der Waals surface area contributed by atoms with Gasteiger partial charge < -0.3 is 9.13 Å². The topological polar surface area (TPSA) is 71.3 Å². The SMILES string of the molecule is c1ccc(-n2c3ccccc3c3cc(-c4ccc5c(c4)c4ccccc4n5-c4nc(-c5ccc6ccccc6c5)cc(-c5ccc6ccccc6c5)n4)ccc32)cc1.c1ccc2c(-c3cc(-c4cccc5ccccc45)nc(-n4c5ccccc5c5cc(-c6ccc7c(c6)c6ccccc6n7-c6cccc7c8ccccc8c8ccccc8c67)ccc54)n3)cccc2c1. The molecule has 0 saturated carbocycles. The van der Waals surface area contributed by atoms with Crippen LogP contribution in [0.1, 0.15) is 0 Å². The van der Waals surface area contributed by atoms with E-state index in [1.165, 1.54) is 119 Å². The van der Waals surface area contributed by atoms with Crippen molar-refractivity contribution in [3.8, 4) is 90.6 Å². The molecule has 21 aromatic carbocycles. The van der Waals surface area contributed by atoms with E-state index >= 15 is 0 Å². The normalized spacial score (nSPS) is 11.9. The van der Waals surface area contributed by atoms with E-state index in [9.17, 15) is 0 Å². The molecule has 27 rings (SSSR count). The molecule has 0 aliphatic carbocycles. The van der Waals surface area contributed by atoms with E-state index < -0.39 is 0 Å². The predicted octanol–water partition coefficient (Wildman–Crippen LogP) is 31.4. The second-order valence-corrected chi connectivity index (χ2v) is 33.5. The molecule has 0 saturated heterocycles. The Labute approximate surface area is 735 Å². The first-order valence-electron chi connectivity index (χ1n) is 43.7. The maximum Gasteiger partial charge on any atom is 0.235 e. The van der Waals surface area contributed by atoms with Crippen LogP contribution in [-0.4, -0.2) is 38.2 Å². The van der Waals surface area contributed by atoms with Crippen molar-refractivity contribution in [3.63, 3.8) is 0 Å². The lowest BCUT2D eigenvalue weighted by Crippen LogP contribution is -2.04. The van der Waals surface area contributed by atoms with Crippen LogP contribution in [0, 0.1) is 0 Å². The van der Waals surface area contributed by atoms with E-state index in [0.717, 1.165) is 122 Å². The number of fused-ring (bicyclic) bond motifs is 22. The zero-order valence-electron chi connectivity index (χ0n) is 69.3. The summed E-state index contributed by atoms with van der Waals surface area (Å²) in [6.07, 6.45) is 0. The number of nitrogens with zero attached hydrogens (tertiary/aromatic N) is 8. The highest BCUT2D eigenvalue weighted by Crippen LogP contribution is 2.46. The highest BCUT2D eigenvalue weighted by molar-refractivity contribution is 6.28. The molecule has 0 radical (unpaired) electrons. The van der Waals surface area contributed by atoms with Gasteiger partial charge >= 0.3 is 0 Å². The summed E-state index contributed by atoms with van der Waals surface area (Å²) in [5.41, 5.74) is 23.8. The van der Waals surface area contributed by atoms with Crippen LogP contribution >= 0.6 is 0 Å². The molecule has 27 aromatic rings. The third-order valence-corrected chi connectivity index (χ3v) is 26.4. The van der Waals surface area contributed by atoms with Gasteiger partial charge in [-0.3, -0.25) is 9.13 Å². The highest BCUT2D eigenvalue weighted by Gasteiger charge is 2.25. The van der Waals surface area contributed by atoms with Gasteiger partial charge in [-0.25, -0.2) is 19.9 Å². The van der Waals surface area contributed by atoms with Crippen LogP contribution in [0.15, 0.2) is 449 Å². The number of para-hydroxylation sites is 5. The Bertz CT molecular complexity index is 9060. The first-order valence-corrected chi connectivity index (χ1v) is 43.7. The van der Waals surface area contributed by atoms with E-state index in [0.29, 0.717) is 11.9 Å². The molecule has 0 N–H and O–H groups in total. The fourth-order valence-corrected chi connectivity index (χ4v) is 20.5. The maximum absolute atomic E-state index is 5.47. The minimum Gasteiger partial charge on any atom is -0.309 e. The van der Waals surface area contributed by atoms with Crippen LogP contribution in [-0.2, 0) is 0 Å². The molecule has 128 heavy (non-hydrogen) atoms. The number of hydrogen-bond acceptors (Lipinski definition) is 4. The van der Waals surface area contributed by atoms with E-state index in [4.69, 9.17) is 19.9 Å². The molecule has 594 valence electrons. The van der Waals surface area contributed by atoms with E-state index in [1.807, 2.05) is 0 Å². The maximum atomic E-state index is 5.47. The Kier molecular flexibility index (Phi) is 16.6.